The van der Waals surface area contributed by atoms with Gasteiger partial charge in [0, 0.05) is 18.4 Å². The second kappa shape index (κ2) is 7.03. The topological polar surface area (TPSA) is 87.1 Å². The minimum Gasteiger partial charge on any atom is -0.366 e. The van der Waals surface area contributed by atoms with Crippen LogP contribution in [0.2, 0.25) is 0 Å². The summed E-state index contributed by atoms with van der Waals surface area (Å²) in [6.45, 7) is 6.13. The molecule has 1 aliphatic rings. The molecule has 1 aliphatic carbocycles. The van der Waals surface area contributed by atoms with Gasteiger partial charge in [-0.05, 0) is 42.2 Å². The van der Waals surface area contributed by atoms with Crippen molar-refractivity contribution < 1.29 is 9.59 Å². The van der Waals surface area contributed by atoms with Crippen LogP contribution >= 0.6 is 11.8 Å². The minimum absolute atomic E-state index is 0.00561. The maximum absolute atomic E-state index is 12.9. The molecule has 27 heavy (non-hydrogen) atoms. The molecule has 0 bridgehead atoms. The van der Waals surface area contributed by atoms with Crippen LogP contribution in [0.15, 0.2) is 27.9 Å². The molecule has 0 atom stereocenters. The summed E-state index contributed by atoms with van der Waals surface area (Å²) in [5.41, 5.74) is 7.39. The first kappa shape index (κ1) is 19.5. The zero-order chi connectivity index (χ0) is 19.9. The number of rotatable bonds is 5. The predicted octanol–water partition coefficient (Wildman–Crippen LogP) is 2.93. The van der Waals surface area contributed by atoms with Gasteiger partial charge < -0.3 is 5.73 Å². The molecule has 1 aromatic heterocycles. The quantitative estimate of drug-likeness (QED) is 0.799. The second-order valence-corrected chi connectivity index (χ2v) is 8.94. The van der Waals surface area contributed by atoms with E-state index in [4.69, 9.17) is 5.73 Å². The van der Waals surface area contributed by atoms with E-state index in [0.717, 1.165) is 22.8 Å². The number of imidazole rings is 1. The number of benzene rings is 1. The molecule has 1 amide bonds. The van der Waals surface area contributed by atoms with Crippen molar-refractivity contribution in [2.45, 2.75) is 44.9 Å². The van der Waals surface area contributed by atoms with Gasteiger partial charge in [0.05, 0.1) is 16.9 Å². The highest BCUT2D eigenvalue weighted by molar-refractivity contribution is 7.99. The molecule has 2 aromatic rings. The van der Waals surface area contributed by atoms with E-state index < -0.39 is 5.91 Å². The molecule has 3 rings (SSSR count). The normalized spacial score (nSPS) is 15.6. The molecule has 0 radical (unpaired) electrons. The zero-order valence-electron chi connectivity index (χ0n) is 16.2. The van der Waals surface area contributed by atoms with Gasteiger partial charge >= 0.3 is 5.69 Å². The summed E-state index contributed by atoms with van der Waals surface area (Å²) in [5.74, 6) is 0.352. The highest BCUT2D eigenvalue weighted by atomic mass is 32.2. The number of thioether (sulfide) groups is 1. The number of nitrogens with zero attached hydrogens (tertiary/aromatic N) is 2. The van der Waals surface area contributed by atoms with Crippen LogP contribution in [0.3, 0.4) is 0 Å². The van der Waals surface area contributed by atoms with Gasteiger partial charge in [0.25, 0.3) is 0 Å². The summed E-state index contributed by atoms with van der Waals surface area (Å²) in [5, 5.41) is 0. The third-order valence-electron chi connectivity index (χ3n) is 4.86. The highest BCUT2D eigenvalue weighted by Gasteiger charge is 2.36. The number of amides is 1. The Morgan fingerprint density at radius 2 is 1.96 bits per heavy atom. The van der Waals surface area contributed by atoms with Gasteiger partial charge in [-0.1, -0.05) is 20.8 Å². The Morgan fingerprint density at radius 1 is 1.26 bits per heavy atom. The summed E-state index contributed by atoms with van der Waals surface area (Å²) in [4.78, 5) is 38.1. The van der Waals surface area contributed by atoms with E-state index in [1.54, 1.807) is 35.5 Å². The Kier molecular flexibility index (Phi) is 5.08. The molecule has 0 aliphatic heterocycles. The molecule has 1 aromatic carbocycles. The largest absolute Gasteiger partial charge is 0.366 e. The number of fused-ring (bicyclic) bond motifs is 1. The molecule has 1 heterocycles. The van der Waals surface area contributed by atoms with Crippen molar-refractivity contribution in [1.29, 1.82) is 0 Å². The van der Waals surface area contributed by atoms with Crippen molar-refractivity contribution in [3.63, 3.8) is 0 Å². The van der Waals surface area contributed by atoms with Gasteiger partial charge in [-0.15, -0.1) is 11.8 Å². The van der Waals surface area contributed by atoms with Crippen LogP contribution in [-0.4, -0.2) is 26.6 Å². The second-order valence-electron chi connectivity index (χ2n) is 7.81. The van der Waals surface area contributed by atoms with E-state index >= 15 is 0 Å². The Hall–Kier alpha value is -2.28. The van der Waals surface area contributed by atoms with Gasteiger partial charge in [-0.25, -0.2) is 4.79 Å². The molecular weight excluding hydrogens is 362 g/mol. The van der Waals surface area contributed by atoms with E-state index in [2.05, 4.69) is 6.92 Å². The van der Waals surface area contributed by atoms with Crippen molar-refractivity contribution in [2.24, 2.45) is 18.2 Å². The van der Waals surface area contributed by atoms with Crippen molar-refractivity contribution in [1.82, 2.24) is 9.13 Å². The molecule has 7 heteroatoms. The predicted molar refractivity (Wildman–Crippen MR) is 107 cm³/mol. The van der Waals surface area contributed by atoms with Crippen LogP contribution in [0.1, 0.15) is 60.2 Å². The van der Waals surface area contributed by atoms with Gasteiger partial charge in [-0.2, -0.15) is 0 Å². The van der Waals surface area contributed by atoms with Crippen LogP contribution in [0.25, 0.3) is 5.69 Å². The summed E-state index contributed by atoms with van der Waals surface area (Å²) < 4.78 is 3.04. The van der Waals surface area contributed by atoms with E-state index in [1.165, 1.54) is 4.57 Å². The summed E-state index contributed by atoms with van der Waals surface area (Å²) >= 11 is 1.54. The third kappa shape index (κ3) is 3.48. The zero-order valence-corrected chi connectivity index (χ0v) is 17.0. The maximum Gasteiger partial charge on any atom is 0.333 e. The smallest absolute Gasteiger partial charge is 0.333 e. The number of nitrogens with two attached hydrogens (primary N) is 1. The van der Waals surface area contributed by atoms with E-state index in [1.807, 2.05) is 19.9 Å². The molecule has 0 saturated carbocycles. The molecule has 0 unspecified atom stereocenters. The summed E-state index contributed by atoms with van der Waals surface area (Å²) in [7, 11) is 1.64. The fourth-order valence-corrected chi connectivity index (χ4v) is 4.61. The minimum atomic E-state index is -0.487. The lowest BCUT2D eigenvalue weighted by molar-refractivity contribution is 0.0900. The lowest BCUT2D eigenvalue weighted by Gasteiger charge is -2.29. The Bertz CT molecular complexity index is 985. The SMILES string of the molecule is CCCSc1cc(-n2c3c(n(C)c2=O)C(=O)CC(C)(C)C3)ccc1C(N)=O. The third-order valence-corrected chi connectivity index (χ3v) is 6.12. The monoisotopic (exact) mass is 387 g/mol. The van der Waals surface area contributed by atoms with E-state index in [9.17, 15) is 14.4 Å². The Balaban J connectivity index is 2.21. The summed E-state index contributed by atoms with van der Waals surface area (Å²) in [6, 6.07) is 5.22. The molecule has 2 N–H and O–H groups in total. The lowest BCUT2D eigenvalue weighted by Crippen LogP contribution is -2.29. The van der Waals surface area contributed by atoms with Crippen molar-refractivity contribution in [3.05, 3.63) is 45.6 Å². The number of Topliss-reactive ketones (excluding diaryl/α,β-unsaturated/α-hetero) is 1. The van der Waals surface area contributed by atoms with Gasteiger partial charge in [0.1, 0.15) is 5.69 Å². The highest BCUT2D eigenvalue weighted by Crippen LogP contribution is 2.35. The molecule has 0 saturated heterocycles. The Labute approximate surface area is 162 Å². The Morgan fingerprint density at radius 3 is 2.59 bits per heavy atom. The standard InChI is InChI=1S/C20H25N3O3S/c1-5-8-27-16-9-12(6-7-13(16)18(21)25)23-14-10-20(2,3)11-15(24)17(14)22(4)19(23)26/h6-7,9H,5,8,10-11H2,1-4H3,(H2,21,25). The molecule has 0 fully saturated rings. The summed E-state index contributed by atoms with van der Waals surface area (Å²) in [6.07, 6.45) is 2.02. The number of hydrogen-bond donors (Lipinski definition) is 1. The number of hydrogen-bond acceptors (Lipinski definition) is 4. The van der Waals surface area contributed by atoms with Gasteiger partial charge in [0.2, 0.25) is 5.91 Å². The number of primary amides is 1. The average Bonchev–Trinajstić information content (AvgIpc) is 2.82. The lowest BCUT2D eigenvalue weighted by atomic mass is 9.77. The number of carbonyl (C=O) groups excluding carboxylic acids is 2. The van der Waals surface area contributed by atoms with Crippen LogP contribution < -0.4 is 11.4 Å². The number of ketones is 1. The maximum atomic E-state index is 12.9. The number of aromatic nitrogens is 2. The fourth-order valence-electron chi connectivity index (χ4n) is 3.66. The first-order chi connectivity index (χ1) is 12.7. The van der Waals surface area contributed by atoms with Crippen LogP contribution in [-0.2, 0) is 13.5 Å². The number of carbonyl (C=O) groups is 2. The fraction of sp³-hybridized carbons (Fsp3) is 0.450. The van der Waals surface area contributed by atoms with Crippen LogP contribution in [0.5, 0.6) is 0 Å². The van der Waals surface area contributed by atoms with Crippen molar-refractivity contribution in [3.8, 4) is 5.69 Å². The average molecular weight is 388 g/mol. The first-order valence-corrected chi connectivity index (χ1v) is 10.1. The van der Waals surface area contributed by atoms with E-state index in [0.29, 0.717) is 29.8 Å². The molecular formula is C20H25N3O3S. The van der Waals surface area contributed by atoms with Crippen LogP contribution in [0.4, 0.5) is 0 Å². The van der Waals surface area contributed by atoms with Crippen molar-refractivity contribution >= 4 is 23.5 Å². The first-order valence-electron chi connectivity index (χ1n) is 9.07. The molecule has 144 valence electrons. The molecule has 6 nitrogen and oxygen atoms in total. The molecule has 0 spiro atoms. The van der Waals surface area contributed by atoms with Crippen molar-refractivity contribution in [2.75, 3.05) is 5.75 Å². The van der Waals surface area contributed by atoms with E-state index in [-0.39, 0.29) is 16.9 Å². The van der Waals surface area contributed by atoms with Crippen LogP contribution in [0, 0.1) is 5.41 Å². The van der Waals surface area contributed by atoms with Gasteiger partial charge in [-0.3, -0.25) is 18.7 Å². The van der Waals surface area contributed by atoms with Gasteiger partial charge in [0.15, 0.2) is 5.78 Å².